The molecule has 0 amide bonds. The van der Waals surface area contributed by atoms with Crippen molar-refractivity contribution >= 4 is 34.5 Å². The van der Waals surface area contributed by atoms with Gasteiger partial charge < -0.3 is 15.4 Å². The van der Waals surface area contributed by atoms with Gasteiger partial charge >= 0.3 is 0 Å². The summed E-state index contributed by atoms with van der Waals surface area (Å²) in [7, 11) is 0. The van der Waals surface area contributed by atoms with Gasteiger partial charge in [0, 0.05) is 16.9 Å². The lowest BCUT2D eigenvalue weighted by molar-refractivity contribution is 0.306. The summed E-state index contributed by atoms with van der Waals surface area (Å²) in [6.45, 7) is 0.614. The molecule has 4 rings (SSSR count). The number of nitrogens with zero attached hydrogens (tertiary/aromatic N) is 2. The third kappa shape index (κ3) is 4.35. The van der Waals surface area contributed by atoms with Crippen LogP contribution in [0, 0.1) is 10.7 Å². The number of halogens is 2. The summed E-state index contributed by atoms with van der Waals surface area (Å²) in [6, 6.07) is 16.6. The molecule has 2 N–H and O–H groups in total. The summed E-state index contributed by atoms with van der Waals surface area (Å²) in [5.41, 5.74) is 3.35. The van der Waals surface area contributed by atoms with E-state index in [0.29, 0.717) is 40.2 Å². The Morgan fingerprint density at radius 1 is 1.17 bits per heavy atom. The first-order valence-corrected chi connectivity index (χ1v) is 9.20. The zero-order valence-corrected chi connectivity index (χ0v) is 15.9. The smallest absolute Gasteiger partial charge is 0.138 e. The molecule has 1 aliphatic rings. The van der Waals surface area contributed by atoms with Gasteiger partial charge in [-0.2, -0.15) is 0 Å². The predicted octanol–water partition coefficient (Wildman–Crippen LogP) is 5.70. The lowest BCUT2D eigenvalue weighted by Gasteiger charge is -2.20. The third-order valence-electron chi connectivity index (χ3n) is 4.35. The molecule has 0 bridgehead atoms. The number of hydrogen-bond acceptors (Lipinski definition) is 6. The minimum absolute atomic E-state index is 0.206. The van der Waals surface area contributed by atoms with Gasteiger partial charge in [0.05, 0.1) is 5.02 Å². The van der Waals surface area contributed by atoms with Crippen LogP contribution in [0.2, 0.25) is 5.02 Å². The summed E-state index contributed by atoms with van der Waals surface area (Å²) < 4.78 is 19.0. The Balaban J connectivity index is 1.49. The number of anilines is 2. The molecule has 0 spiro atoms. The second-order valence-electron chi connectivity index (χ2n) is 6.35. The first-order chi connectivity index (χ1) is 14.1. The Labute approximate surface area is 171 Å². The Bertz CT molecular complexity index is 1100. The fourth-order valence-corrected chi connectivity index (χ4v) is 3.19. The van der Waals surface area contributed by atoms with E-state index in [1.165, 1.54) is 12.1 Å². The van der Waals surface area contributed by atoms with Gasteiger partial charge in [0.25, 0.3) is 0 Å². The summed E-state index contributed by atoms with van der Waals surface area (Å²) >= 11 is 6.34. The van der Waals surface area contributed by atoms with Crippen LogP contribution >= 0.6 is 11.6 Å². The van der Waals surface area contributed by atoms with Gasteiger partial charge in [-0.3, -0.25) is 0 Å². The molecule has 0 saturated heterocycles. The number of amidine groups is 1. The fourth-order valence-electron chi connectivity index (χ4n) is 2.96. The van der Waals surface area contributed by atoms with Gasteiger partial charge in [0.15, 0.2) is 0 Å². The van der Waals surface area contributed by atoms with Gasteiger partial charge in [-0.15, -0.1) is 4.91 Å². The SMILES string of the molecule is O=Nc1ccc2c(c1)C(Nc1ccc(OCc3cccc(F)c3)c(Cl)c1)=NCN2. The number of hydrogen-bond donors (Lipinski definition) is 2. The van der Waals surface area contributed by atoms with E-state index in [1.54, 1.807) is 48.5 Å². The van der Waals surface area contributed by atoms with Crippen molar-refractivity contribution in [2.75, 3.05) is 17.3 Å². The van der Waals surface area contributed by atoms with Crippen LogP contribution in [-0.2, 0) is 6.61 Å². The second-order valence-corrected chi connectivity index (χ2v) is 6.76. The van der Waals surface area contributed by atoms with Crippen LogP contribution in [0.3, 0.4) is 0 Å². The van der Waals surface area contributed by atoms with Crippen LogP contribution in [0.25, 0.3) is 0 Å². The van der Waals surface area contributed by atoms with Gasteiger partial charge in [-0.1, -0.05) is 23.7 Å². The van der Waals surface area contributed by atoms with E-state index in [4.69, 9.17) is 16.3 Å². The van der Waals surface area contributed by atoms with Crippen molar-refractivity contribution in [2.24, 2.45) is 10.2 Å². The zero-order valence-electron chi connectivity index (χ0n) is 15.2. The average molecular weight is 411 g/mol. The van der Waals surface area contributed by atoms with Gasteiger partial charge in [0.1, 0.15) is 36.4 Å². The average Bonchev–Trinajstić information content (AvgIpc) is 2.73. The van der Waals surface area contributed by atoms with Crippen LogP contribution < -0.4 is 15.4 Å². The van der Waals surface area contributed by atoms with E-state index >= 15 is 0 Å². The Morgan fingerprint density at radius 2 is 2.07 bits per heavy atom. The second kappa shape index (κ2) is 8.28. The normalized spacial score (nSPS) is 12.4. The Morgan fingerprint density at radius 3 is 2.86 bits per heavy atom. The quantitative estimate of drug-likeness (QED) is 0.529. The molecule has 6 nitrogen and oxygen atoms in total. The highest BCUT2D eigenvalue weighted by Crippen LogP contribution is 2.30. The number of ether oxygens (including phenoxy) is 1. The maximum atomic E-state index is 13.3. The monoisotopic (exact) mass is 410 g/mol. The molecule has 3 aromatic rings. The molecule has 0 fully saturated rings. The molecule has 8 heteroatoms. The molecular formula is C21H16ClFN4O2. The topological polar surface area (TPSA) is 75.1 Å². The number of benzene rings is 3. The molecule has 0 aliphatic carbocycles. The van der Waals surface area contributed by atoms with Crippen molar-refractivity contribution < 1.29 is 9.13 Å². The molecule has 0 atom stereocenters. The van der Waals surface area contributed by atoms with Gasteiger partial charge in [0.2, 0.25) is 0 Å². The van der Waals surface area contributed by atoms with Crippen LogP contribution in [0.5, 0.6) is 5.75 Å². The largest absolute Gasteiger partial charge is 0.487 e. The molecular weight excluding hydrogens is 395 g/mol. The molecule has 0 saturated carbocycles. The van der Waals surface area contributed by atoms with Crippen molar-refractivity contribution in [3.8, 4) is 5.75 Å². The van der Waals surface area contributed by atoms with Gasteiger partial charge in [-0.05, 0) is 59.3 Å². The summed E-state index contributed by atoms with van der Waals surface area (Å²) in [4.78, 5) is 15.3. The molecule has 1 heterocycles. The van der Waals surface area contributed by atoms with Crippen molar-refractivity contribution in [1.82, 2.24) is 0 Å². The van der Waals surface area contributed by atoms with Crippen LogP contribution in [-0.4, -0.2) is 12.5 Å². The number of rotatable bonds is 5. The van der Waals surface area contributed by atoms with E-state index in [2.05, 4.69) is 20.8 Å². The number of fused-ring (bicyclic) bond motifs is 1. The number of nitrogens with one attached hydrogen (secondary N) is 2. The van der Waals surface area contributed by atoms with Crippen LogP contribution in [0.1, 0.15) is 11.1 Å². The van der Waals surface area contributed by atoms with E-state index in [-0.39, 0.29) is 12.4 Å². The minimum atomic E-state index is -0.312. The molecule has 0 unspecified atom stereocenters. The third-order valence-corrected chi connectivity index (χ3v) is 4.64. The molecule has 3 aromatic carbocycles. The van der Waals surface area contributed by atoms with Gasteiger partial charge in [-0.25, -0.2) is 9.38 Å². The zero-order chi connectivity index (χ0) is 20.2. The first kappa shape index (κ1) is 18.9. The number of nitroso groups, excluding NO2 is 1. The lowest BCUT2D eigenvalue weighted by atomic mass is 10.1. The predicted molar refractivity (Wildman–Crippen MR) is 113 cm³/mol. The standard InChI is InChI=1S/C21H16ClFN4O2/c22-18-10-15(5-7-20(18)29-11-13-2-1-3-14(23)8-13)26-21-17-9-16(27-28)4-6-19(17)24-12-25-21/h1-10,24H,11-12H2,(H,25,26). The molecule has 0 aromatic heterocycles. The first-order valence-electron chi connectivity index (χ1n) is 8.82. The Hall–Kier alpha value is -3.45. The van der Waals surface area contributed by atoms with Crippen molar-refractivity contribution in [1.29, 1.82) is 0 Å². The van der Waals surface area contributed by atoms with Crippen LogP contribution in [0.4, 0.5) is 21.5 Å². The van der Waals surface area contributed by atoms with Crippen molar-refractivity contribution in [3.05, 3.63) is 87.5 Å². The molecule has 29 heavy (non-hydrogen) atoms. The lowest BCUT2D eigenvalue weighted by Crippen LogP contribution is -2.22. The summed E-state index contributed by atoms with van der Waals surface area (Å²) in [5, 5.41) is 9.74. The van der Waals surface area contributed by atoms with Crippen molar-refractivity contribution in [2.45, 2.75) is 6.61 Å². The maximum Gasteiger partial charge on any atom is 0.138 e. The molecule has 1 aliphatic heterocycles. The highest BCUT2D eigenvalue weighted by Gasteiger charge is 2.15. The minimum Gasteiger partial charge on any atom is -0.487 e. The fraction of sp³-hybridized carbons (Fsp3) is 0.0952. The van der Waals surface area contributed by atoms with Crippen LogP contribution in [0.15, 0.2) is 70.8 Å². The van der Waals surface area contributed by atoms with E-state index in [0.717, 1.165) is 11.3 Å². The highest BCUT2D eigenvalue weighted by atomic mass is 35.5. The summed E-state index contributed by atoms with van der Waals surface area (Å²) in [5.74, 6) is 0.781. The highest BCUT2D eigenvalue weighted by molar-refractivity contribution is 6.32. The maximum absolute atomic E-state index is 13.3. The van der Waals surface area contributed by atoms with E-state index in [9.17, 15) is 9.30 Å². The van der Waals surface area contributed by atoms with Crippen molar-refractivity contribution in [3.63, 3.8) is 0 Å². The number of aliphatic imine (C=N–C) groups is 1. The Kier molecular flexibility index (Phi) is 5.39. The van der Waals surface area contributed by atoms with E-state index in [1.807, 2.05) is 0 Å². The summed E-state index contributed by atoms with van der Waals surface area (Å²) in [6.07, 6.45) is 0. The molecule has 0 radical (unpaired) electrons. The van der Waals surface area contributed by atoms with E-state index < -0.39 is 0 Å². The molecule has 146 valence electrons.